The van der Waals surface area contributed by atoms with Crippen molar-refractivity contribution in [3.8, 4) is 22.3 Å². The minimum Gasteiger partial charge on any atom is -0.264 e. The van der Waals surface area contributed by atoms with Gasteiger partial charge < -0.3 is 0 Å². The predicted octanol–water partition coefficient (Wildman–Crippen LogP) is 4.43. The first-order valence-electron chi connectivity index (χ1n) is 6.68. The van der Waals surface area contributed by atoms with Crippen molar-refractivity contribution in [1.82, 2.24) is 9.97 Å². The number of hydrogen-bond acceptors (Lipinski definition) is 2. The number of aromatic nitrogens is 2. The van der Waals surface area contributed by atoms with E-state index in [9.17, 15) is 0 Å². The first kappa shape index (κ1) is 12.5. The maximum Gasteiger partial charge on any atom is 0.0346 e. The molecule has 98 valence electrons. The molecule has 0 atom stereocenters. The van der Waals surface area contributed by atoms with Crippen LogP contribution in [0.5, 0.6) is 0 Å². The Bertz CT molecular complexity index is 658. The van der Waals surface area contributed by atoms with Crippen molar-refractivity contribution >= 4 is 0 Å². The van der Waals surface area contributed by atoms with Crippen LogP contribution < -0.4 is 0 Å². The minimum absolute atomic E-state index is 1.15. The van der Waals surface area contributed by atoms with Crippen LogP contribution in [0.15, 0.2) is 61.2 Å². The Kier molecular flexibility index (Phi) is 3.30. The van der Waals surface area contributed by atoms with Gasteiger partial charge in [0.25, 0.3) is 0 Å². The molecule has 0 spiro atoms. The fraction of sp³-hybridized carbons (Fsp3) is 0.111. The van der Waals surface area contributed by atoms with Gasteiger partial charge in [0.05, 0.1) is 0 Å². The molecule has 0 fully saturated rings. The summed E-state index contributed by atoms with van der Waals surface area (Å²) in [5.74, 6) is 0. The lowest BCUT2D eigenvalue weighted by Gasteiger charge is -2.12. The number of hydrogen-bond donors (Lipinski definition) is 0. The fourth-order valence-electron chi connectivity index (χ4n) is 2.52. The molecule has 20 heavy (non-hydrogen) atoms. The molecule has 2 heteroatoms. The van der Waals surface area contributed by atoms with Crippen LogP contribution in [-0.2, 0) is 0 Å². The average molecular weight is 260 g/mol. The normalized spacial score (nSPS) is 10.5. The number of aryl methyl sites for hydroxylation is 2. The van der Waals surface area contributed by atoms with Crippen molar-refractivity contribution in [2.45, 2.75) is 13.8 Å². The number of benzene rings is 1. The van der Waals surface area contributed by atoms with Crippen LogP contribution >= 0.6 is 0 Å². The molecule has 0 aliphatic rings. The predicted molar refractivity (Wildman–Crippen MR) is 82.4 cm³/mol. The lowest BCUT2D eigenvalue weighted by Crippen LogP contribution is -1.90. The van der Waals surface area contributed by atoms with Gasteiger partial charge in [0.15, 0.2) is 0 Å². The maximum absolute atomic E-state index is 4.21. The second-order valence-electron chi connectivity index (χ2n) is 4.97. The zero-order valence-corrected chi connectivity index (χ0v) is 11.7. The Hall–Kier alpha value is -2.48. The van der Waals surface area contributed by atoms with Crippen molar-refractivity contribution in [3.05, 3.63) is 72.3 Å². The second-order valence-corrected chi connectivity index (χ2v) is 4.97. The molecule has 0 saturated heterocycles. The van der Waals surface area contributed by atoms with Crippen LogP contribution in [0.25, 0.3) is 22.3 Å². The molecule has 3 rings (SSSR count). The van der Waals surface area contributed by atoms with E-state index in [1.807, 2.05) is 24.5 Å². The zero-order chi connectivity index (χ0) is 13.9. The fourth-order valence-corrected chi connectivity index (χ4v) is 2.52. The lowest BCUT2D eigenvalue weighted by molar-refractivity contribution is 1.30. The highest BCUT2D eigenvalue weighted by Crippen LogP contribution is 2.31. The van der Waals surface area contributed by atoms with Gasteiger partial charge in [-0.05, 0) is 54.3 Å². The highest BCUT2D eigenvalue weighted by atomic mass is 14.6. The van der Waals surface area contributed by atoms with Gasteiger partial charge in [-0.1, -0.05) is 18.2 Å². The molecule has 2 aromatic heterocycles. The summed E-state index contributed by atoms with van der Waals surface area (Å²) in [5, 5.41) is 0. The van der Waals surface area contributed by atoms with Crippen molar-refractivity contribution < 1.29 is 0 Å². The van der Waals surface area contributed by atoms with Crippen molar-refractivity contribution in [1.29, 1.82) is 0 Å². The summed E-state index contributed by atoms with van der Waals surface area (Å²) in [6.45, 7) is 4.28. The van der Waals surface area contributed by atoms with Crippen molar-refractivity contribution in [2.75, 3.05) is 0 Å². The minimum atomic E-state index is 1.15. The summed E-state index contributed by atoms with van der Waals surface area (Å²) in [6, 6.07) is 12.6. The highest BCUT2D eigenvalue weighted by molar-refractivity contribution is 5.77. The molecule has 0 radical (unpaired) electrons. The van der Waals surface area contributed by atoms with Gasteiger partial charge in [-0.3, -0.25) is 9.97 Å². The first-order valence-corrected chi connectivity index (χ1v) is 6.68. The van der Waals surface area contributed by atoms with Crippen LogP contribution in [0.1, 0.15) is 11.1 Å². The Morgan fingerprint density at radius 3 is 1.60 bits per heavy atom. The van der Waals surface area contributed by atoms with Gasteiger partial charge in [0.2, 0.25) is 0 Å². The Labute approximate surface area is 119 Å². The third-order valence-corrected chi connectivity index (χ3v) is 3.52. The number of pyridine rings is 2. The zero-order valence-electron chi connectivity index (χ0n) is 11.7. The molecule has 0 amide bonds. The molecule has 0 N–H and O–H groups in total. The summed E-state index contributed by atoms with van der Waals surface area (Å²) in [7, 11) is 0. The lowest BCUT2D eigenvalue weighted by atomic mass is 9.93. The van der Waals surface area contributed by atoms with Crippen molar-refractivity contribution in [2.24, 2.45) is 0 Å². The second kappa shape index (κ2) is 5.25. The monoisotopic (exact) mass is 260 g/mol. The molecule has 0 aliphatic heterocycles. The molecule has 0 unspecified atom stereocenters. The van der Waals surface area contributed by atoms with Crippen LogP contribution in [-0.4, -0.2) is 9.97 Å². The van der Waals surface area contributed by atoms with E-state index in [2.05, 4.69) is 48.1 Å². The van der Waals surface area contributed by atoms with E-state index >= 15 is 0 Å². The van der Waals surface area contributed by atoms with E-state index in [1.54, 1.807) is 12.4 Å². The molecule has 1 aromatic carbocycles. The van der Waals surface area contributed by atoms with E-state index in [1.165, 1.54) is 22.3 Å². The van der Waals surface area contributed by atoms with Crippen LogP contribution in [0.2, 0.25) is 0 Å². The average Bonchev–Trinajstić information content (AvgIpc) is 2.49. The SMILES string of the molecule is Cc1cc(C)c(-c2cccnc2)cc1-c1cccnc1. The van der Waals surface area contributed by atoms with Crippen molar-refractivity contribution in [3.63, 3.8) is 0 Å². The first-order chi connectivity index (χ1) is 9.75. The largest absolute Gasteiger partial charge is 0.264 e. The summed E-state index contributed by atoms with van der Waals surface area (Å²) in [6.07, 6.45) is 7.42. The molecule has 0 aliphatic carbocycles. The Balaban J connectivity index is 2.19. The standard InChI is InChI=1S/C18H16N2/c1-13-9-14(2)18(16-6-4-8-20-12-16)10-17(13)15-5-3-7-19-11-15/h3-12H,1-2H3. The van der Waals surface area contributed by atoms with Crippen LogP contribution in [0.4, 0.5) is 0 Å². The maximum atomic E-state index is 4.21. The summed E-state index contributed by atoms with van der Waals surface area (Å²) in [5.41, 5.74) is 7.28. The highest BCUT2D eigenvalue weighted by Gasteiger charge is 2.08. The number of rotatable bonds is 2. The van der Waals surface area contributed by atoms with E-state index in [-0.39, 0.29) is 0 Å². The van der Waals surface area contributed by atoms with Gasteiger partial charge in [0, 0.05) is 35.9 Å². The van der Waals surface area contributed by atoms with E-state index in [0.29, 0.717) is 0 Å². The topological polar surface area (TPSA) is 25.8 Å². The summed E-state index contributed by atoms with van der Waals surface area (Å²) in [4.78, 5) is 8.43. The van der Waals surface area contributed by atoms with Gasteiger partial charge >= 0.3 is 0 Å². The van der Waals surface area contributed by atoms with Gasteiger partial charge in [-0.2, -0.15) is 0 Å². The van der Waals surface area contributed by atoms with E-state index in [0.717, 1.165) is 11.1 Å². The molecular weight excluding hydrogens is 244 g/mol. The third kappa shape index (κ3) is 2.32. The summed E-state index contributed by atoms with van der Waals surface area (Å²) < 4.78 is 0. The van der Waals surface area contributed by atoms with Crippen LogP contribution in [0.3, 0.4) is 0 Å². The smallest absolute Gasteiger partial charge is 0.0346 e. The van der Waals surface area contributed by atoms with Gasteiger partial charge in [-0.15, -0.1) is 0 Å². The number of nitrogens with zero attached hydrogens (tertiary/aromatic N) is 2. The molecular formula is C18H16N2. The van der Waals surface area contributed by atoms with Gasteiger partial charge in [-0.25, -0.2) is 0 Å². The molecule has 2 heterocycles. The van der Waals surface area contributed by atoms with E-state index < -0.39 is 0 Å². The molecule has 0 saturated carbocycles. The van der Waals surface area contributed by atoms with Crippen LogP contribution in [0, 0.1) is 13.8 Å². The van der Waals surface area contributed by atoms with E-state index in [4.69, 9.17) is 0 Å². The third-order valence-electron chi connectivity index (χ3n) is 3.52. The van der Waals surface area contributed by atoms with Gasteiger partial charge in [0.1, 0.15) is 0 Å². The Morgan fingerprint density at radius 1 is 0.700 bits per heavy atom. The Morgan fingerprint density at radius 2 is 1.20 bits per heavy atom. The molecule has 3 aromatic rings. The molecule has 0 bridgehead atoms. The summed E-state index contributed by atoms with van der Waals surface area (Å²) >= 11 is 0. The molecule has 2 nitrogen and oxygen atoms in total. The quantitative estimate of drug-likeness (QED) is 0.681.